The van der Waals surface area contributed by atoms with E-state index in [0.29, 0.717) is 17.2 Å². The average molecular weight is 489 g/mol. The third kappa shape index (κ3) is 3.51. The molecule has 7 rings (SSSR count). The smallest absolute Gasteiger partial charge is 0.226 e. The number of furan rings is 1. The molecule has 0 aliphatic carbocycles. The molecular weight excluding hydrogens is 466 g/mol. The zero-order valence-corrected chi connectivity index (χ0v) is 19.4. The molecule has 0 fully saturated rings. The molecule has 0 saturated heterocycles. The molecule has 0 aliphatic heterocycles. The number of halogens is 1. The van der Waals surface area contributed by atoms with E-state index in [9.17, 15) is 0 Å². The summed E-state index contributed by atoms with van der Waals surface area (Å²) in [5.41, 5.74) is 3.70. The van der Waals surface area contributed by atoms with Crippen molar-refractivity contribution >= 4 is 44.3 Å². The van der Waals surface area contributed by atoms with Crippen LogP contribution in [0, 0.1) is 0 Å². The second-order valence-electron chi connectivity index (χ2n) is 8.31. The summed E-state index contributed by atoms with van der Waals surface area (Å²) in [4.78, 5) is 13.6. The molecule has 0 bridgehead atoms. The third-order valence-corrected chi connectivity index (χ3v) is 6.31. The van der Waals surface area contributed by atoms with Gasteiger partial charge in [-0.1, -0.05) is 84.8 Å². The van der Waals surface area contributed by atoms with Crippen LogP contribution in [0.2, 0.25) is 5.28 Å². The van der Waals surface area contributed by atoms with E-state index in [2.05, 4.69) is 9.97 Å². The van der Waals surface area contributed by atoms with E-state index in [1.807, 2.05) is 72.8 Å². The Morgan fingerprint density at radius 2 is 1.36 bits per heavy atom. The first-order valence-electron chi connectivity index (χ1n) is 13.7. The molecule has 0 N–H and O–H groups in total. The van der Waals surface area contributed by atoms with Crippen molar-refractivity contribution in [2.24, 2.45) is 0 Å². The molecule has 0 amide bonds. The van der Waals surface area contributed by atoms with Gasteiger partial charge in [0.2, 0.25) is 5.28 Å². The van der Waals surface area contributed by atoms with Crippen LogP contribution in [-0.2, 0) is 0 Å². The molecule has 7 aromatic rings. The van der Waals surface area contributed by atoms with Crippen molar-refractivity contribution in [2.75, 3.05) is 0 Å². The van der Waals surface area contributed by atoms with Gasteiger partial charge in [-0.15, -0.1) is 0 Å². The highest BCUT2D eigenvalue weighted by Gasteiger charge is 2.16. The molecule has 36 heavy (non-hydrogen) atoms. The lowest BCUT2D eigenvalue weighted by Gasteiger charge is -2.08. The van der Waals surface area contributed by atoms with Crippen LogP contribution < -0.4 is 0 Å². The molecule has 5 aromatic carbocycles. The lowest BCUT2D eigenvalue weighted by Crippen LogP contribution is -1.97. The fraction of sp³-hybridized carbons (Fsp3) is 0. The van der Waals surface area contributed by atoms with Crippen LogP contribution in [0.15, 0.2) is 113 Å². The first-order valence-corrected chi connectivity index (χ1v) is 11.6. The SMILES string of the molecule is [2H]c1c([2H])c([2H])c(-c2ccc3cc(-c4nc(Cl)nc(-c5cccc6oc7ccccc7c56)n4)ccc3c2)c([2H])c1[2H]. The molecule has 5 heteroatoms. The van der Waals surface area contributed by atoms with E-state index < -0.39 is 6.04 Å². The summed E-state index contributed by atoms with van der Waals surface area (Å²) in [5, 5.41) is 3.60. The number of rotatable bonds is 3. The quantitative estimate of drug-likeness (QED) is 0.250. The van der Waals surface area contributed by atoms with Crippen molar-refractivity contribution in [1.29, 1.82) is 0 Å². The number of benzene rings is 5. The fourth-order valence-corrected chi connectivity index (χ4v) is 4.66. The fourth-order valence-electron chi connectivity index (χ4n) is 4.50. The highest BCUT2D eigenvalue weighted by Crippen LogP contribution is 2.36. The van der Waals surface area contributed by atoms with E-state index in [1.54, 1.807) is 6.07 Å². The van der Waals surface area contributed by atoms with Gasteiger partial charge in [0, 0.05) is 21.9 Å². The van der Waals surface area contributed by atoms with E-state index in [0.717, 1.165) is 43.8 Å². The number of fused-ring (bicyclic) bond motifs is 4. The normalized spacial score (nSPS) is 13.4. The number of para-hydroxylation sites is 1. The second kappa shape index (κ2) is 8.29. The summed E-state index contributed by atoms with van der Waals surface area (Å²) in [6, 6.07) is 23.0. The van der Waals surface area contributed by atoms with Crippen LogP contribution in [0.3, 0.4) is 0 Å². The van der Waals surface area contributed by atoms with Crippen LogP contribution in [0.4, 0.5) is 0 Å². The minimum atomic E-state index is -0.415. The Kier molecular flexibility index (Phi) is 3.73. The van der Waals surface area contributed by atoms with Crippen molar-refractivity contribution in [2.45, 2.75) is 0 Å². The van der Waals surface area contributed by atoms with Crippen LogP contribution in [0.5, 0.6) is 0 Å². The Bertz CT molecular complexity index is 2170. The molecule has 2 aromatic heterocycles. The van der Waals surface area contributed by atoms with Crippen molar-refractivity contribution in [3.63, 3.8) is 0 Å². The van der Waals surface area contributed by atoms with E-state index in [-0.39, 0.29) is 35.0 Å². The zero-order valence-electron chi connectivity index (χ0n) is 23.6. The summed E-state index contributed by atoms with van der Waals surface area (Å²) >= 11 is 6.40. The number of hydrogen-bond donors (Lipinski definition) is 0. The minimum absolute atomic E-state index is 0.0615. The van der Waals surface area contributed by atoms with Crippen molar-refractivity contribution in [3.8, 4) is 33.9 Å². The lowest BCUT2D eigenvalue weighted by atomic mass is 10.00. The summed E-state index contributed by atoms with van der Waals surface area (Å²) in [6.07, 6.45) is 0. The van der Waals surface area contributed by atoms with E-state index in [1.165, 1.54) is 0 Å². The predicted octanol–water partition coefficient (Wildman–Crippen LogP) is 8.58. The Hall–Kier alpha value is -4.54. The summed E-state index contributed by atoms with van der Waals surface area (Å²) in [5.74, 6) is 0.829. The first-order chi connectivity index (χ1) is 19.8. The maximum Gasteiger partial charge on any atom is 0.226 e. The van der Waals surface area contributed by atoms with Crippen molar-refractivity contribution < 1.29 is 11.3 Å². The monoisotopic (exact) mass is 488 g/mol. The first kappa shape index (κ1) is 16.2. The van der Waals surface area contributed by atoms with Crippen LogP contribution in [0.25, 0.3) is 66.6 Å². The third-order valence-electron chi connectivity index (χ3n) is 6.14. The van der Waals surface area contributed by atoms with Crippen LogP contribution >= 0.6 is 11.6 Å². The van der Waals surface area contributed by atoms with Gasteiger partial charge in [0.05, 0.1) is 6.85 Å². The predicted molar refractivity (Wildman–Crippen MR) is 146 cm³/mol. The van der Waals surface area contributed by atoms with Crippen LogP contribution in [0.1, 0.15) is 6.85 Å². The summed E-state index contributed by atoms with van der Waals surface area (Å²) in [6.45, 7) is 0. The van der Waals surface area contributed by atoms with Crippen molar-refractivity contribution in [3.05, 3.63) is 114 Å². The van der Waals surface area contributed by atoms with Gasteiger partial charge < -0.3 is 4.42 Å². The Morgan fingerprint density at radius 3 is 2.22 bits per heavy atom. The van der Waals surface area contributed by atoms with E-state index in [4.69, 9.17) is 27.9 Å². The molecule has 0 saturated carbocycles. The second-order valence-corrected chi connectivity index (χ2v) is 8.64. The largest absolute Gasteiger partial charge is 0.456 e. The maximum atomic E-state index is 8.31. The standard InChI is InChI=1S/C31H18ClN3O/c32-31-34-29(23-16-15-21-17-20(13-14-22(21)18-23)19-7-2-1-3-8-19)33-30(35-31)25-10-6-12-27-28(25)24-9-4-5-11-26(24)36-27/h1-18H/i1D,2D,3D,7D,8D. The van der Waals surface area contributed by atoms with Gasteiger partial charge in [0.25, 0.3) is 0 Å². The topological polar surface area (TPSA) is 51.8 Å². The van der Waals surface area contributed by atoms with Gasteiger partial charge in [-0.25, -0.2) is 4.98 Å². The van der Waals surface area contributed by atoms with Gasteiger partial charge in [-0.3, -0.25) is 0 Å². The molecular formula is C31H18ClN3O. The highest BCUT2D eigenvalue weighted by molar-refractivity contribution is 6.28. The zero-order chi connectivity index (χ0) is 28.4. The molecule has 0 atom stereocenters. The molecule has 170 valence electrons. The van der Waals surface area contributed by atoms with Crippen molar-refractivity contribution in [1.82, 2.24) is 15.0 Å². The summed E-state index contributed by atoms with van der Waals surface area (Å²) < 4.78 is 46.5. The molecule has 4 nitrogen and oxygen atoms in total. The van der Waals surface area contributed by atoms with Crippen LogP contribution in [-0.4, -0.2) is 15.0 Å². The lowest BCUT2D eigenvalue weighted by molar-refractivity contribution is 0.669. The number of hydrogen-bond acceptors (Lipinski definition) is 4. The van der Waals surface area contributed by atoms with Gasteiger partial charge in [-0.05, 0) is 57.8 Å². The number of nitrogens with zero attached hydrogens (tertiary/aromatic N) is 3. The molecule has 0 unspecified atom stereocenters. The Morgan fingerprint density at radius 1 is 0.639 bits per heavy atom. The van der Waals surface area contributed by atoms with Gasteiger partial charge in [0.1, 0.15) is 11.2 Å². The van der Waals surface area contributed by atoms with Gasteiger partial charge >= 0.3 is 0 Å². The Balaban J connectivity index is 1.33. The minimum Gasteiger partial charge on any atom is -0.456 e. The molecule has 0 radical (unpaired) electrons. The molecule has 0 aliphatic rings. The van der Waals surface area contributed by atoms with E-state index >= 15 is 0 Å². The number of aromatic nitrogens is 3. The van der Waals surface area contributed by atoms with Gasteiger partial charge in [-0.2, -0.15) is 9.97 Å². The molecule has 0 spiro atoms. The Labute approximate surface area is 218 Å². The maximum absolute atomic E-state index is 8.31. The average Bonchev–Trinajstić information content (AvgIpc) is 3.37. The highest BCUT2D eigenvalue weighted by atomic mass is 35.5. The van der Waals surface area contributed by atoms with Gasteiger partial charge in [0.15, 0.2) is 11.6 Å². The molecule has 2 heterocycles. The summed E-state index contributed by atoms with van der Waals surface area (Å²) in [7, 11) is 0.